The van der Waals surface area contributed by atoms with Gasteiger partial charge in [0.2, 0.25) is 6.79 Å². The minimum atomic E-state index is -0.0121. The highest BCUT2D eigenvalue weighted by Gasteiger charge is 2.17. The Morgan fingerprint density at radius 1 is 1.20 bits per heavy atom. The van der Waals surface area contributed by atoms with Crippen molar-refractivity contribution in [1.82, 2.24) is 4.98 Å². The third kappa shape index (κ3) is 2.61. The highest BCUT2D eigenvalue weighted by Crippen LogP contribution is 2.39. The second kappa shape index (κ2) is 6.30. The van der Waals surface area contributed by atoms with Crippen molar-refractivity contribution in [1.29, 1.82) is 5.26 Å². The van der Waals surface area contributed by atoms with E-state index in [1.54, 1.807) is 12.3 Å². The Bertz CT molecular complexity index is 995. The monoisotopic (exact) mass is 333 g/mol. The van der Waals surface area contributed by atoms with Crippen molar-refractivity contribution in [3.63, 3.8) is 0 Å². The van der Waals surface area contributed by atoms with Gasteiger partial charge in [-0.3, -0.25) is 0 Å². The number of aromatic nitrogens is 1. The van der Waals surface area contributed by atoms with Crippen LogP contribution in [-0.2, 0) is 0 Å². The summed E-state index contributed by atoms with van der Waals surface area (Å²) in [6, 6.07) is 13.5. The highest BCUT2D eigenvalue weighted by atomic mass is 16.7. The van der Waals surface area contributed by atoms with E-state index in [2.05, 4.69) is 16.4 Å². The van der Waals surface area contributed by atoms with E-state index in [0.717, 1.165) is 27.6 Å². The number of nitrogens with one attached hydrogen (secondary N) is 1. The molecule has 0 bridgehead atoms. The van der Waals surface area contributed by atoms with Crippen molar-refractivity contribution in [2.75, 3.05) is 25.3 Å². The number of hydrogen-bond acceptors (Lipinski definition) is 6. The number of aliphatic hydroxyl groups excluding tert-OH is 1. The van der Waals surface area contributed by atoms with E-state index >= 15 is 0 Å². The van der Waals surface area contributed by atoms with Crippen LogP contribution in [0.1, 0.15) is 5.56 Å². The Balaban J connectivity index is 1.92. The average molecular weight is 333 g/mol. The Labute approximate surface area is 144 Å². The molecule has 2 aromatic carbocycles. The Morgan fingerprint density at radius 2 is 2.08 bits per heavy atom. The van der Waals surface area contributed by atoms with Gasteiger partial charge in [0.1, 0.15) is 5.82 Å². The lowest BCUT2D eigenvalue weighted by atomic mass is 9.97. The van der Waals surface area contributed by atoms with E-state index in [9.17, 15) is 5.26 Å². The van der Waals surface area contributed by atoms with Crippen LogP contribution < -0.4 is 14.8 Å². The van der Waals surface area contributed by atoms with Crippen molar-refractivity contribution in [2.24, 2.45) is 0 Å². The number of hydrogen-bond donors (Lipinski definition) is 2. The van der Waals surface area contributed by atoms with Gasteiger partial charge < -0.3 is 19.9 Å². The largest absolute Gasteiger partial charge is 0.454 e. The summed E-state index contributed by atoms with van der Waals surface area (Å²) in [6.45, 7) is 0.577. The molecule has 2 N–H and O–H groups in total. The van der Waals surface area contributed by atoms with Crippen molar-refractivity contribution >= 4 is 16.6 Å². The number of ether oxygens (including phenoxy) is 2. The van der Waals surface area contributed by atoms with Gasteiger partial charge in [-0.2, -0.15) is 5.26 Å². The maximum atomic E-state index is 9.48. The second-order valence-electron chi connectivity index (χ2n) is 5.58. The summed E-state index contributed by atoms with van der Waals surface area (Å²) in [5.41, 5.74) is 2.37. The van der Waals surface area contributed by atoms with Crippen LogP contribution in [0.2, 0.25) is 0 Å². The van der Waals surface area contributed by atoms with Crippen LogP contribution in [0.5, 0.6) is 11.5 Å². The molecule has 0 saturated carbocycles. The molecule has 0 amide bonds. The Morgan fingerprint density at radius 3 is 2.92 bits per heavy atom. The van der Waals surface area contributed by atoms with Crippen LogP contribution in [-0.4, -0.2) is 30.0 Å². The van der Waals surface area contributed by atoms with Crippen LogP contribution in [0, 0.1) is 11.3 Å². The zero-order valence-electron chi connectivity index (χ0n) is 13.3. The van der Waals surface area contributed by atoms with Crippen LogP contribution in [0.3, 0.4) is 0 Å². The van der Waals surface area contributed by atoms with E-state index < -0.39 is 0 Å². The lowest BCUT2D eigenvalue weighted by molar-refractivity contribution is 0.174. The number of fused-ring (bicyclic) bond motifs is 2. The molecule has 6 nitrogen and oxygen atoms in total. The molecule has 0 saturated heterocycles. The molecule has 3 aromatic rings. The molecule has 2 heterocycles. The Kier molecular flexibility index (Phi) is 3.84. The van der Waals surface area contributed by atoms with Crippen molar-refractivity contribution in [3.05, 3.63) is 48.2 Å². The summed E-state index contributed by atoms with van der Waals surface area (Å²) >= 11 is 0. The fourth-order valence-corrected chi connectivity index (χ4v) is 2.99. The maximum Gasteiger partial charge on any atom is 0.231 e. The summed E-state index contributed by atoms with van der Waals surface area (Å²) in [7, 11) is 0. The van der Waals surface area contributed by atoms with Gasteiger partial charge in [0, 0.05) is 23.7 Å². The van der Waals surface area contributed by atoms with Crippen molar-refractivity contribution in [2.45, 2.75) is 0 Å². The van der Waals surface area contributed by atoms with E-state index in [-0.39, 0.29) is 13.4 Å². The summed E-state index contributed by atoms with van der Waals surface area (Å²) in [6.07, 6.45) is 1.76. The molecule has 25 heavy (non-hydrogen) atoms. The van der Waals surface area contributed by atoms with Crippen molar-refractivity contribution < 1.29 is 14.6 Å². The number of anilines is 1. The molecule has 6 heteroatoms. The van der Waals surface area contributed by atoms with Gasteiger partial charge in [0.25, 0.3) is 0 Å². The molecule has 1 aliphatic rings. The minimum absolute atomic E-state index is 0.0121. The first-order valence-corrected chi connectivity index (χ1v) is 7.88. The van der Waals surface area contributed by atoms with Crippen LogP contribution in [0.15, 0.2) is 42.6 Å². The molecule has 1 aromatic heterocycles. The van der Waals surface area contributed by atoms with Crippen LogP contribution in [0.4, 0.5) is 5.82 Å². The van der Waals surface area contributed by atoms with Crippen LogP contribution >= 0.6 is 0 Å². The van der Waals surface area contributed by atoms with Gasteiger partial charge in [-0.25, -0.2) is 4.98 Å². The standard InChI is InChI=1S/C19H15N3O3/c20-9-13-2-1-3-14-15(10-22-19(18(13)14)21-6-7-23)12-4-5-16-17(8-12)25-11-24-16/h1-5,8,10,23H,6-7,11H2,(H,21,22). The molecule has 1 aliphatic heterocycles. The predicted molar refractivity (Wildman–Crippen MR) is 93.6 cm³/mol. The minimum Gasteiger partial charge on any atom is -0.454 e. The van der Waals surface area contributed by atoms with Gasteiger partial charge in [-0.15, -0.1) is 0 Å². The quantitative estimate of drug-likeness (QED) is 0.763. The van der Waals surface area contributed by atoms with E-state index in [1.165, 1.54) is 0 Å². The predicted octanol–water partition coefficient (Wildman–Crippen LogP) is 2.91. The first kappa shape index (κ1) is 15.2. The summed E-state index contributed by atoms with van der Waals surface area (Å²) < 4.78 is 10.8. The fraction of sp³-hybridized carbons (Fsp3) is 0.158. The van der Waals surface area contributed by atoms with E-state index in [4.69, 9.17) is 14.6 Å². The van der Waals surface area contributed by atoms with Gasteiger partial charge in [-0.05, 0) is 29.1 Å². The number of aliphatic hydroxyl groups is 1. The average Bonchev–Trinajstić information content (AvgIpc) is 3.13. The van der Waals surface area contributed by atoms with Gasteiger partial charge in [0.05, 0.1) is 18.2 Å². The number of nitriles is 1. The zero-order valence-corrected chi connectivity index (χ0v) is 13.3. The molecule has 0 unspecified atom stereocenters. The number of nitrogens with zero attached hydrogens (tertiary/aromatic N) is 2. The van der Waals surface area contributed by atoms with Crippen molar-refractivity contribution in [3.8, 4) is 28.7 Å². The third-order valence-corrected chi connectivity index (χ3v) is 4.12. The topological polar surface area (TPSA) is 87.4 Å². The number of benzene rings is 2. The first-order chi connectivity index (χ1) is 12.3. The smallest absolute Gasteiger partial charge is 0.231 e. The zero-order chi connectivity index (χ0) is 17.2. The molecule has 4 rings (SSSR count). The molecule has 0 fully saturated rings. The molecule has 0 atom stereocenters. The number of rotatable bonds is 4. The molecular weight excluding hydrogens is 318 g/mol. The summed E-state index contributed by atoms with van der Waals surface area (Å²) in [5, 5.41) is 23.3. The van der Waals surface area contributed by atoms with Gasteiger partial charge in [0.15, 0.2) is 11.5 Å². The molecule has 124 valence electrons. The number of pyridine rings is 1. The highest BCUT2D eigenvalue weighted by molar-refractivity contribution is 6.04. The summed E-state index contributed by atoms with van der Waals surface area (Å²) in [5.74, 6) is 2.01. The lowest BCUT2D eigenvalue weighted by Crippen LogP contribution is -2.08. The lowest BCUT2D eigenvalue weighted by Gasteiger charge is -2.13. The first-order valence-electron chi connectivity index (χ1n) is 7.88. The Hall–Kier alpha value is -3.30. The summed E-state index contributed by atoms with van der Waals surface area (Å²) in [4.78, 5) is 4.48. The third-order valence-electron chi connectivity index (χ3n) is 4.12. The molecule has 0 aliphatic carbocycles. The van der Waals surface area contributed by atoms with Gasteiger partial charge in [-0.1, -0.05) is 18.2 Å². The molecule has 0 radical (unpaired) electrons. The second-order valence-corrected chi connectivity index (χ2v) is 5.58. The normalized spacial score (nSPS) is 12.2. The van der Waals surface area contributed by atoms with E-state index in [0.29, 0.717) is 23.7 Å². The molecular formula is C19H15N3O3. The maximum absolute atomic E-state index is 9.48. The van der Waals surface area contributed by atoms with Gasteiger partial charge >= 0.3 is 0 Å². The SMILES string of the molecule is N#Cc1cccc2c(-c3ccc4c(c3)OCO4)cnc(NCCO)c12. The molecule has 0 spiro atoms. The van der Waals surface area contributed by atoms with Crippen LogP contribution in [0.25, 0.3) is 21.9 Å². The fourth-order valence-electron chi connectivity index (χ4n) is 2.99. The van der Waals surface area contributed by atoms with E-state index in [1.807, 2.05) is 30.3 Å².